The Morgan fingerprint density at radius 2 is 2.10 bits per heavy atom. The van der Waals surface area contributed by atoms with Gasteiger partial charge in [0.25, 0.3) is 0 Å². The molecule has 2 rings (SSSR count). The topological polar surface area (TPSA) is 71.1 Å². The molecule has 0 atom stereocenters. The molecule has 20 heavy (non-hydrogen) atoms. The van der Waals surface area contributed by atoms with Crippen molar-refractivity contribution in [2.24, 2.45) is 5.41 Å². The maximum Gasteiger partial charge on any atom is 0.240 e. The van der Waals surface area contributed by atoms with Gasteiger partial charge in [0.15, 0.2) is 0 Å². The van der Waals surface area contributed by atoms with E-state index in [-0.39, 0.29) is 10.3 Å². The molecule has 1 aliphatic rings. The van der Waals surface area contributed by atoms with Crippen LogP contribution in [0.25, 0.3) is 0 Å². The van der Waals surface area contributed by atoms with Gasteiger partial charge >= 0.3 is 0 Å². The molecule has 1 heterocycles. The number of nitrogens with one attached hydrogen (secondary N) is 2. The summed E-state index contributed by atoms with van der Waals surface area (Å²) in [5, 5.41) is 3.02. The number of rotatable bonds is 7. The molecule has 0 aromatic carbocycles. The first-order valence-corrected chi connectivity index (χ1v) is 8.69. The smallest absolute Gasteiger partial charge is 0.240 e. The van der Waals surface area contributed by atoms with E-state index in [2.05, 4.69) is 21.9 Å². The fourth-order valence-electron chi connectivity index (χ4n) is 2.52. The summed E-state index contributed by atoms with van der Waals surface area (Å²) in [6, 6.07) is 3.10. The fraction of sp³-hybridized carbons (Fsp3) is 0.643. The molecule has 1 aromatic rings. The van der Waals surface area contributed by atoms with Crippen LogP contribution in [0.15, 0.2) is 23.2 Å². The summed E-state index contributed by atoms with van der Waals surface area (Å²) in [6.45, 7) is 5.32. The highest BCUT2D eigenvalue weighted by atomic mass is 32.2. The SMILES string of the molecule is CCNc1cc(S(=O)(=O)NCC2(CC)CCC2)ccn1. The molecular formula is C14H23N3O2S. The summed E-state index contributed by atoms with van der Waals surface area (Å²) < 4.78 is 27.4. The number of pyridine rings is 1. The maximum atomic E-state index is 12.3. The first kappa shape index (κ1) is 15.3. The van der Waals surface area contributed by atoms with Gasteiger partial charge in [-0.2, -0.15) is 0 Å². The van der Waals surface area contributed by atoms with E-state index in [1.165, 1.54) is 18.7 Å². The van der Waals surface area contributed by atoms with Crippen molar-refractivity contribution in [1.29, 1.82) is 0 Å². The van der Waals surface area contributed by atoms with Gasteiger partial charge in [-0.1, -0.05) is 13.3 Å². The van der Waals surface area contributed by atoms with Crippen molar-refractivity contribution in [1.82, 2.24) is 9.71 Å². The number of anilines is 1. The number of hydrogen-bond acceptors (Lipinski definition) is 4. The number of sulfonamides is 1. The van der Waals surface area contributed by atoms with Gasteiger partial charge in [0.05, 0.1) is 4.90 Å². The lowest BCUT2D eigenvalue weighted by Gasteiger charge is -2.41. The Bertz CT molecular complexity index is 548. The Morgan fingerprint density at radius 1 is 1.35 bits per heavy atom. The van der Waals surface area contributed by atoms with Crippen molar-refractivity contribution < 1.29 is 8.42 Å². The fourth-order valence-corrected chi connectivity index (χ4v) is 3.69. The highest BCUT2D eigenvalue weighted by molar-refractivity contribution is 7.89. The first-order valence-electron chi connectivity index (χ1n) is 7.21. The standard InChI is InChI=1S/C14H23N3O2S/c1-3-14(7-5-8-14)11-17-20(18,19)12-6-9-16-13(10-12)15-4-2/h6,9-10,17H,3-5,7-8,11H2,1-2H3,(H,15,16). The Kier molecular flexibility index (Phi) is 4.65. The molecule has 2 N–H and O–H groups in total. The summed E-state index contributed by atoms with van der Waals surface area (Å²) in [5.74, 6) is 0.587. The molecule has 0 spiro atoms. The molecule has 0 saturated heterocycles. The molecule has 1 aliphatic carbocycles. The predicted octanol–water partition coefficient (Wildman–Crippen LogP) is 2.37. The molecule has 1 fully saturated rings. The molecule has 0 amide bonds. The summed E-state index contributed by atoms with van der Waals surface area (Å²) in [5.41, 5.74) is 0.171. The largest absolute Gasteiger partial charge is 0.370 e. The van der Waals surface area contributed by atoms with Crippen LogP contribution in [0.1, 0.15) is 39.5 Å². The van der Waals surface area contributed by atoms with E-state index in [9.17, 15) is 8.42 Å². The van der Waals surface area contributed by atoms with Gasteiger partial charge in [-0.3, -0.25) is 0 Å². The molecule has 0 unspecified atom stereocenters. The van der Waals surface area contributed by atoms with E-state index in [1.54, 1.807) is 6.07 Å². The Balaban J connectivity index is 2.08. The second-order valence-corrected chi connectivity index (χ2v) is 7.21. The minimum absolute atomic E-state index is 0.171. The van der Waals surface area contributed by atoms with Crippen molar-refractivity contribution in [2.75, 3.05) is 18.4 Å². The average molecular weight is 297 g/mol. The summed E-state index contributed by atoms with van der Waals surface area (Å²) in [6.07, 6.45) is 5.98. The maximum absolute atomic E-state index is 12.3. The van der Waals surface area contributed by atoms with Gasteiger partial charge < -0.3 is 5.32 Å². The second-order valence-electron chi connectivity index (χ2n) is 5.44. The van der Waals surface area contributed by atoms with Crippen LogP contribution in [0.5, 0.6) is 0 Å². The van der Waals surface area contributed by atoms with E-state index in [1.807, 2.05) is 6.92 Å². The van der Waals surface area contributed by atoms with Gasteiger partial charge in [0, 0.05) is 25.4 Å². The van der Waals surface area contributed by atoms with Crippen LogP contribution >= 0.6 is 0 Å². The summed E-state index contributed by atoms with van der Waals surface area (Å²) in [4.78, 5) is 4.36. The molecule has 1 aromatic heterocycles. The van der Waals surface area contributed by atoms with Crippen molar-refractivity contribution in [2.45, 2.75) is 44.4 Å². The zero-order chi connectivity index (χ0) is 14.6. The van der Waals surface area contributed by atoms with Crippen molar-refractivity contribution in [3.63, 3.8) is 0 Å². The van der Waals surface area contributed by atoms with Crippen LogP contribution in [0.3, 0.4) is 0 Å². The van der Waals surface area contributed by atoms with Crippen LogP contribution in [0.2, 0.25) is 0 Å². The highest BCUT2D eigenvalue weighted by Crippen LogP contribution is 2.43. The zero-order valence-corrected chi connectivity index (χ0v) is 13.0. The molecular weight excluding hydrogens is 274 g/mol. The molecule has 0 radical (unpaired) electrons. The number of hydrogen-bond donors (Lipinski definition) is 2. The zero-order valence-electron chi connectivity index (χ0n) is 12.1. The van der Waals surface area contributed by atoms with Crippen molar-refractivity contribution in [3.05, 3.63) is 18.3 Å². The average Bonchev–Trinajstić information content (AvgIpc) is 2.39. The molecule has 112 valence electrons. The summed E-state index contributed by atoms with van der Waals surface area (Å²) in [7, 11) is -3.45. The first-order chi connectivity index (χ1) is 9.51. The molecule has 0 aliphatic heterocycles. The third-order valence-corrected chi connectivity index (χ3v) is 5.60. The van der Waals surface area contributed by atoms with E-state index < -0.39 is 10.0 Å². The Hall–Kier alpha value is -1.14. The third-order valence-electron chi connectivity index (χ3n) is 4.20. The quantitative estimate of drug-likeness (QED) is 0.810. The van der Waals surface area contributed by atoms with Gasteiger partial charge in [-0.25, -0.2) is 18.1 Å². The normalized spacial score (nSPS) is 17.5. The Morgan fingerprint density at radius 3 is 2.65 bits per heavy atom. The highest BCUT2D eigenvalue weighted by Gasteiger charge is 2.36. The van der Waals surface area contributed by atoms with Crippen LogP contribution in [-0.2, 0) is 10.0 Å². The van der Waals surface area contributed by atoms with Crippen LogP contribution in [-0.4, -0.2) is 26.5 Å². The minimum atomic E-state index is -3.45. The van der Waals surface area contributed by atoms with Gasteiger partial charge in [-0.15, -0.1) is 0 Å². The van der Waals surface area contributed by atoms with Gasteiger partial charge in [0.2, 0.25) is 10.0 Å². The molecule has 1 saturated carbocycles. The minimum Gasteiger partial charge on any atom is -0.370 e. The third kappa shape index (κ3) is 3.30. The predicted molar refractivity (Wildman–Crippen MR) is 80.2 cm³/mol. The van der Waals surface area contributed by atoms with Crippen LogP contribution in [0, 0.1) is 5.41 Å². The number of nitrogens with zero attached hydrogens (tertiary/aromatic N) is 1. The summed E-state index contributed by atoms with van der Waals surface area (Å²) >= 11 is 0. The van der Waals surface area contributed by atoms with Gasteiger partial charge in [-0.05, 0) is 37.7 Å². The van der Waals surface area contributed by atoms with Gasteiger partial charge in [0.1, 0.15) is 5.82 Å². The molecule has 0 bridgehead atoms. The van der Waals surface area contributed by atoms with Crippen molar-refractivity contribution in [3.8, 4) is 0 Å². The van der Waals surface area contributed by atoms with Crippen LogP contribution < -0.4 is 10.0 Å². The number of aromatic nitrogens is 1. The van der Waals surface area contributed by atoms with E-state index in [0.29, 0.717) is 18.9 Å². The lowest BCUT2D eigenvalue weighted by atomic mass is 9.67. The van der Waals surface area contributed by atoms with Crippen LogP contribution in [0.4, 0.5) is 5.82 Å². The second kappa shape index (κ2) is 6.10. The molecule has 5 nitrogen and oxygen atoms in total. The van der Waals surface area contributed by atoms with E-state index in [0.717, 1.165) is 19.3 Å². The van der Waals surface area contributed by atoms with E-state index >= 15 is 0 Å². The lowest BCUT2D eigenvalue weighted by Crippen LogP contribution is -2.41. The van der Waals surface area contributed by atoms with Crippen molar-refractivity contribution >= 4 is 15.8 Å². The lowest BCUT2D eigenvalue weighted by molar-refractivity contribution is 0.133. The molecule has 6 heteroatoms. The van der Waals surface area contributed by atoms with E-state index in [4.69, 9.17) is 0 Å². The Labute approximate surface area is 121 Å². The monoisotopic (exact) mass is 297 g/mol.